The molecule has 1 aliphatic carbocycles. The second kappa shape index (κ2) is 20.1. The normalized spacial score (nSPS) is 22.8. The standard InChI is InChI=1S/C60H55ClF4N10O8S/c1-6-60(80)37-17-43-49-35(23-75(43)55(77)36(37)24-81-56(60)78)47-41(11-9-31-28(4)40(64)18-42(68-49)46(31)47)69-58(79)83-29(5)27(3)54(76)72-14-15-74(26(2)21-72)53-33-16-38(61)45(32-8-10-39(63)51-44(32)34(20-66)52(67)84-51)48(65)50(33)70-57(71-53)82-25-59-12-7-13-73(59)22-30(62)19-59/h8,10,16-18,26,29-30,41,80H,3,6-7,9,11-15,19,21-25,67H2,1-2,4-5H3,(H,69,79)/t26-,29+,30+,41-,59-,60-/m0/s1. The number of nitrogens with two attached hydrogens (primary N) is 1. The number of halogens is 5. The highest BCUT2D eigenvalue weighted by Gasteiger charge is 2.50. The molecule has 3 saturated heterocycles. The molecule has 6 aliphatic rings. The van der Waals surface area contributed by atoms with Gasteiger partial charge in [0.1, 0.15) is 59.5 Å². The number of carbonyl (C=O) groups is 3. The number of ether oxygens (including phenoxy) is 3. The van der Waals surface area contributed by atoms with Crippen molar-refractivity contribution in [3.05, 3.63) is 114 Å². The number of nitrogen functional groups attached to an aromatic ring is 1. The molecule has 24 heteroatoms. The predicted molar refractivity (Wildman–Crippen MR) is 305 cm³/mol. The van der Waals surface area contributed by atoms with Crippen LogP contribution in [0.15, 0.2) is 47.3 Å². The molecule has 0 saturated carbocycles. The molecule has 5 aliphatic heterocycles. The summed E-state index contributed by atoms with van der Waals surface area (Å²) >= 11 is 7.87. The summed E-state index contributed by atoms with van der Waals surface area (Å²) in [5.41, 5.74) is 6.26. The molecular formula is C60H55ClF4N10O8S. The van der Waals surface area contributed by atoms with Crippen LogP contribution in [0.4, 0.5) is 33.2 Å². The van der Waals surface area contributed by atoms with Gasteiger partial charge in [0, 0.05) is 77.6 Å². The highest BCUT2D eigenvalue weighted by molar-refractivity contribution is 7.23. The molecule has 6 atom stereocenters. The van der Waals surface area contributed by atoms with Crippen molar-refractivity contribution in [2.24, 2.45) is 0 Å². The van der Waals surface area contributed by atoms with E-state index in [1.54, 1.807) is 24.8 Å². The number of alkyl carbamates (subject to hydrolysis) is 1. The zero-order valence-electron chi connectivity index (χ0n) is 46.1. The first-order valence-electron chi connectivity index (χ1n) is 27.8. The summed E-state index contributed by atoms with van der Waals surface area (Å²) in [4.78, 5) is 75.3. The minimum atomic E-state index is -2.07. The molecular weight excluding hydrogens is 1130 g/mol. The summed E-state index contributed by atoms with van der Waals surface area (Å²) in [7, 11) is 0. The first-order valence-corrected chi connectivity index (χ1v) is 29.0. The maximum atomic E-state index is 17.6. The minimum absolute atomic E-state index is 0.0248. The van der Waals surface area contributed by atoms with Crippen LogP contribution in [0, 0.1) is 35.7 Å². The van der Waals surface area contributed by atoms with E-state index >= 15 is 13.2 Å². The third kappa shape index (κ3) is 8.40. The Kier molecular flexibility index (Phi) is 13.3. The van der Waals surface area contributed by atoms with E-state index in [-0.39, 0.29) is 135 Å². The number of nitriles is 1. The Morgan fingerprint density at radius 1 is 1.08 bits per heavy atom. The van der Waals surface area contributed by atoms with Gasteiger partial charge in [0.25, 0.3) is 11.5 Å². The molecule has 0 unspecified atom stereocenters. The zero-order chi connectivity index (χ0) is 59.2. The molecule has 0 bridgehead atoms. The Labute approximate surface area is 486 Å². The fourth-order valence-electron chi connectivity index (χ4n) is 13.8. The number of cyclic esters (lactones) is 1. The van der Waals surface area contributed by atoms with Crippen LogP contribution in [0.5, 0.6) is 6.01 Å². The molecule has 18 nitrogen and oxygen atoms in total. The lowest BCUT2D eigenvalue weighted by atomic mass is 9.81. The number of aromatic nitrogens is 4. The van der Waals surface area contributed by atoms with Crippen LogP contribution in [0.2, 0.25) is 5.02 Å². The number of anilines is 2. The predicted octanol–water partition coefficient (Wildman–Crippen LogP) is 9.09. The number of aryl methyl sites for hydroxylation is 1. The van der Waals surface area contributed by atoms with Gasteiger partial charge in [0.05, 0.1) is 61.5 Å². The number of carbonyl (C=O) groups excluding carboxylic acids is 3. The number of esters is 1. The second-order valence-corrected chi connectivity index (χ2v) is 24.3. The smallest absolute Gasteiger partial charge is 0.408 e. The van der Waals surface area contributed by atoms with Crippen molar-refractivity contribution in [1.82, 2.24) is 34.6 Å². The molecule has 4 N–H and O–H groups in total. The van der Waals surface area contributed by atoms with Crippen LogP contribution in [-0.4, -0.2) is 116 Å². The van der Waals surface area contributed by atoms with Gasteiger partial charge in [0.2, 0.25) is 0 Å². The summed E-state index contributed by atoms with van der Waals surface area (Å²) < 4.78 is 82.3. The quantitative estimate of drug-likeness (QED) is 0.0659. The van der Waals surface area contributed by atoms with Gasteiger partial charge >= 0.3 is 18.1 Å². The molecule has 4 aromatic heterocycles. The number of nitrogens with one attached hydrogen (secondary N) is 1. The summed E-state index contributed by atoms with van der Waals surface area (Å²) in [6, 6.07) is 7.48. The van der Waals surface area contributed by atoms with Gasteiger partial charge in [-0.1, -0.05) is 31.2 Å². The van der Waals surface area contributed by atoms with E-state index < -0.39 is 76.5 Å². The van der Waals surface area contributed by atoms with Crippen LogP contribution >= 0.6 is 22.9 Å². The van der Waals surface area contributed by atoms with Crippen molar-refractivity contribution >= 4 is 83.6 Å². The molecule has 13 rings (SSSR count). The molecule has 3 fully saturated rings. The topological polar surface area (TPSA) is 231 Å². The number of amides is 2. The van der Waals surface area contributed by atoms with Crippen molar-refractivity contribution in [3.8, 4) is 34.6 Å². The molecule has 434 valence electrons. The van der Waals surface area contributed by atoms with E-state index in [1.807, 2.05) is 17.9 Å². The largest absolute Gasteiger partial charge is 0.461 e. The number of rotatable bonds is 10. The SMILES string of the molecule is C=C(C(=O)N1CCN(c2nc(OC[C@@]34CCCN3C[C@H](F)C4)nc3c(F)c(-c4ccc(F)c5sc(N)c(C#N)c45)c(Cl)cc23)[C@@H](C)C1)[C@@H](C)OC(=O)N[C@H]1CCc2c(C)c(F)cc3nc4c(c1c23)Cn1c-4cc2c(c1=O)COC(=O)[C@]2(O)CC. The van der Waals surface area contributed by atoms with Crippen molar-refractivity contribution < 1.29 is 51.3 Å². The number of alkyl halides is 1. The fourth-order valence-corrected chi connectivity index (χ4v) is 15.0. The van der Waals surface area contributed by atoms with Gasteiger partial charge in [-0.2, -0.15) is 15.2 Å². The minimum Gasteiger partial charge on any atom is -0.461 e. The lowest BCUT2D eigenvalue weighted by Gasteiger charge is -2.41. The van der Waals surface area contributed by atoms with Gasteiger partial charge in [-0.15, -0.1) is 11.3 Å². The molecule has 84 heavy (non-hydrogen) atoms. The number of hydrogen-bond donors (Lipinski definition) is 3. The Bertz CT molecular complexity index is 4210. The number of hydrogen-bond acceptors (Lipinski definition) is 16. The van der Waals surface area contributed by atoms with E-state index in [0.717, 1.165) is 23.8 Å². The third-order valence-corrected chi connectivity index (χ3v) is 19.5. The van der Waals surface area contributed by atoms with Gasteiger partial charge in [-0.25, -0.2) is 32.1 Å². The van der Waals surface area contributed by atoms with Crippen molar-refractivity contribution in [2.75, 3.05) is 50.0 Å². The Morgan fingerprint density at radius 3 is 2.64 bits per heavy atom. The van der Waals surface area contributed by atoms with Crippen molar-refractivity contribution in [3.63, 3.8) is 0 Å². The first-order chi connectivity index (χ1) is 40.1. The Morgan fingerprint density at radius 2 is 1.88 bits per heavy atom. The maximum Gasteiger partial charge on any atom is 0.408 e. The number of nitrogens with zero attached hydrogens (tertiary/aromatic N) is 8. The van der Waals surface area contributed by atoms with Gasteiger partial charge in [0.15, 0.2) is 11.4 Å². The van der Waals surface area contributed by atoms with Crippen LogP contribution < -0.4 is 26.2 Å². The third-order valence-electron chi connectivity index (χ3n) is 18.2. The van der Waals surface area contributed by atoms with Crippen molar-refractivity contribution in [1.29, 1.82) is 5.26 Å². The van der Waals surface area contributed by atoms with Crippen LogP contribution in [-0.2, 0) is 44.2 Å². The average molecular weight is 1190 g/mol. The number of pyridine rings is 2. The van der Waals surface area contributed by atoms with Gasteiger partial charge in [-0.05, 0) is 99.9 Å². The lowest BCUT2D eigenvalue weighted by molar-refractivity contribution is -0.172. The summed E-state index contributed by atoms with van der Waals surface area (Å²) in [6.45, 7) is 11.8. The van der Waals surface area contributed by atoms with E-state index in [1.165, 1.54) is 29.7 Å². The monoisotopic (exact) mass is 1190 g/mol. The highest BCUT2D eigenvalue weighted by atomic mass is 35.5. The van der Waals surface area contributed by atoms with Crippen LogP contribution in [0.1, 0.15) is 97.9 Å². The fraction of sp³-hybridized carbons (Fsp3) is 0.400. The van der Waals surface area contributed by atoms with Crippen molar-refractivity contribution in [2.45, 2.75) is 115 Å². The Balaban J connectivity index is 0.759. The van der Waals surface area contributed by atoms with Crippen LogP contribution in [0.25, 0.3) is 54.4 Å². The molecule has 0 radical (unpaired) electrons. The molecule has 2 amide bonds. The summed E-state index contributed by atoms with van der Waals surface area (Å²) in [6.07, 6.45) is -0.642. The van der Waals surface area contributed by atoms with E-state index in [2.05, 4.69) is 21.8 Å². The second-order valence-electron chi connectivity index (χ2n) is 22.8. The molecule has 3 aromatic carbocycles. The lowest BCUT2D eigenvalue weighted by Crippen LogP contribution is -2.55. The van der Waals surface area contributed by atoms with E-state index in [9.17, 15) is 33.9 Å². The number of fused-ring (bicyclic) bond motifs is 8. The van der Waals surface area contributed by atoms with Gasteiger partial charge in [-0.3, -0.25) is 14.5 Å². The van der Waals surface area contributed by atoms with Gasteiger partial charge < -0.3 is 44.7 Å². The Hall–Kier alpha value is -7.91. The number of aliphatic hydroxyl groups is 1. The average Bonchev–Trinajstić information content (AvgIpc) is 1.70. The van der Waals surface area contributed by atoms with E-state index in [4.69, 9.17) is 41.5 Å². The first kappa shape index (κ1) is 55.3. The number of thiophene rings is 1. The van der Waals surface area contributed by atoms with E-state index in [0.29, 0.717) is 70.4 Å². The number of benzene rings is 3. The molecule has 0 spiro atoms. The summed E-state index contributed by atoms with van der Waals surface area (Å²) in [5, 5.41) is 25.4. The highest BCUT2D eigenvalue weighted by Crippen LogP contribution is 2.49. The number of piperazine rings is 1. The zero-order valence-corrected chi connectivity index (χ0v) is 47.6. The molecule has 9 heterocycles. The van der Waals surface area contributed by atoms with Crippen LogP contribution in [0.3, 0.4) is 0 Å². The molecule has 7 aromatic rings. The maximum absolute atomic E-state index is 17.6. The summed E-state index contributed by atoms with van der Waals surface area (Å²) in [5.74, 6) is -3.15.